The molecule has 0 spiro atoms. The van der Waals surface area contributed by atoms with Crippen LogP contribution in [0, 0.1) is 0 Å². The van der Waals surface area contributed by atoms with Crippen molar-refractivity contribution in [3.63, 3.8) is 0 Å². The quantitative estimate of drug-likeness (QED) is 0.493. The summed E-state index contributed by atoms with van der Waals surface area (Å²) in [5.74, 6) is 0. The summed E-state index contributed by atoms with van der Waals surface area (Å²) in [6.45, 7) is 0. The van der Waals surface area contributed by atoms with Crippen molar-refractivity contribution in [1.82, 2.24) is 4.40 Å². The van der Waals surface area contributed by atoms with Crippen molar-refractivity contribution in [3.8, 4) is 11.3 Å². The molecule has 4 aromatic rings. The summed E-state index contributed by atoms with van der Waals surface area (Å²) in [4.78, 5) is 13.2. The first-order valence-corrected chi connectivity index (χ1v) is 7.78. The Kier molecular flexibility index (Phi) is 2.84. The van der Waals surface area contributed by atoms with Crippen molar-refractivity contribution in [1.29, 1.82) is 0 Å². The first-order chi connectivity index (χ1) is 10.2. The molecule has 2 aromatic carbocycles. The Bertz CT molecular complexity index is 1020. The number of benzene rings is 2. The summed E-state index contributed by atoms with van der Waals surface area (Å²) in [6, 6.07) is 17.3. The lowest BCUT2D eigenvalue weighted by molar-refractivity contribution is 1.27. The molecule has 0 fully saturated rings. The molecule has 2 heterocycles. The van der Waals surface area contributed by atoms with Gasteiger partial charge in [0, 0.05) is 21.9 Å². The second-order valence-electron chi connectivity index (χ2n) is 4.83. The van der Waals surface area contributed by atoms with Crippen LogP contribution in [-0.2, 0) is 0 Å². The molecule has 102 valence electrons. The summed E-state index contributed by atoms with van der Waals surface area (Å²) in [6.07, 6.45) is 0. The van der Waals surface area contributed by atoms with Crippen molar-refractivity contribution in [2.75, 3.05) is 0 Å². The number of aromatic nitrogens is 1. The molecule has 4 rings (SSSR count). The molecule has 0 unspecified atom stereocenters. The third-order valence-electron chi connectivity index (χ3n) is 3.54. The standard InChI is InChI=1S/C17H10ClNOS/c18-12-6-7-14-13(8-12)16(20)9-17-19(14)15(10-21-17)11-4-2-1-3-5-11/h1-10H. The van der Waals surface area contributed by atoms with Crippen molar-refractivity contribution in [2.24, 2.45) is 0 Å². The Labute approximate surface area is 129 Å². The highest BCUT2D eigenvalue weighted by Crippen LogP contribution is 2.29. The van der Waals surface area contributed by atoms with E-state index in [0.717, 1.165) is 21.6 Å². The number of pyridine rings is 1. The highest BCUT2D eigenvalue weighted by molar-refractivity contribution is 7.16. The largest absolute Gasteiger partial charge is 0.300 e. The van der Waals surface area contributed by atoms with E-state index in [-0.39, 0.29) is 5.43 Å². The minimum Gasteiger partial charge on any atom is -0.300 e. The van der Waals surface area contributed by atoms with E-state index in [1.54, 1.807) is 23.5 Å². The van der Waals surface area contributed by atoms with Gasteiger partial charge in [-0.1, -0.05) is 41.9 Å². The molecule has 0 saturated heterocycles. The van der Waals surface area contributed by atoms with Gasteiger partial charge in [0.25, 0.3) is 0 Å². The van der Waals surface area contributed by atoms with Gasteiger partial charge in [-0.15, -0.1) is 11.3 Å². The van der Waals surface area contributed by atoms with Crippen LogP contribution in [0.4, 0.5) is 0 Å². The zero-order valence-electron chi connectivity index (χ0n) is 10.9. The summed E-state index contributed by atoms with van der Waals surface area (Å²) in [5, 5.41) is 3.31. The lowest BCUT2D eigenvalue weighted by atomic mass is 10.1. The van der Waals surface area contributed by atoms with Gasteiger partial charge in [0.2, 0.25) is 0 Å². The summed E-state index contributed by atoms with van der Waals surface area (Å²) in [7, 11) is 0. The number of halogens is 1. The molecule has 0 amide bonds. The first kappa shape index (κ1) is 12.6. The third-order valence-corrected chi connectivity index (χ3v) is 4.66. The van der Waals surface area contributed by atoms with Gasteiger partial charge in [-0.05, 0) is 23.8 Å². The SMILES string of the molecule is O=c1cc2scc(-c3ccccc3)n2c2ccc(Cl)cc12. The van der Waals surface area contributed by atoms with Crippen LogP contribution >= 0.6 is 22.9 Å². The number of thiazole rings is 1. The lowest BCUT2D eigenvalue weighted by Crippen LogP contribution is -2.03. The number of fused-ring (bicyclic) bond motifs is 3. The second kappa shape index (κ2) is 4.72. The van der Waals surface area contributed by atoms with Gasteiger partial charge in [0.1, 0.15) is 4.83 Å². The minimum atomic E-state index is 0.00830. The molecule has 0 radical (unpaired) electrons. The average Bonchev–Trinajstić information content (AvgIpc) is 2.92. The predicted molar refractivity (Wildman–Crippen MR) is 89.5 cm³/mol. The zero-order chi connectivity index (χ0) is 14.4. The molecular weight excluding hydrogens is 302 g/mol. The van der Waals surface area contributed by atoms with E-state index < -0.39 is 0 Å². The topological polar surface area (TPSA) is 21.5 Å². The molecular formula is C17H10ClNOS. The molecule has 21 heavy (non-hydrogen) atoms. The van der Waals surface area contributed by atoms with Crippen LogP contribution in [0.3, 0.4) is 0 Å². The number of hydrogen-bond acceptors (Lipinski definition) is 2. The maximum absolute atomic E-state index is 12.2. The molecule has 0 N–H and O–H groups in total. The van der Waals surface area contributed by atoms with E-state index in [1.807, 2.05) is 30.3 Å². The second-order valence-corrected chi connectivity index (χ2v) is 6.16. The van der Waals surface area contributed by atoms with Crippen LogP contribution in [0.2, 0.25) is 5.02 Å². The maximum atomic E-state index is 12.2. The third kappa shape index (κ3) is 1.97. The fourth-order valence-electron chi connectivity index (χ4n) is 2.58. The van der Waals surface area contributed by atoms with Crippen LogP contribution in [0.25, 0.3) is 27.0 Å². The van der Waals surface area contributed by atoms with E-state index in [2.05, 4.69) is 21.9 Å². The molecule has 0 saturated carbocycles. The molecule has 4 heteroatoms. The maximum Gasteiger partial charge on any atom is 0.190 e. The Morgan fingerprint density at radius 3 is 2.62 bits per heavy atom. The van der Waals surface area contributed by atoms with E-state index in [9.17, 15) is 4.79 Å². The molecule has 2 nitrogen and oxygen atoms in total. The molecule has 0 aliphatic rings. The van der Waals surface area contributed by atoms with Gasteiger partial charge in [-0.3, -0.25) is 9.20 Å². The summed E-state index contributed by atoms with van der Waals surface area (Å²) < 4.78 is 2.12. The van der Waals surface area contributed by atoms with E-state index in [4.69, 9.17) is 11.6 Å². The Morgan fingerprint density at radius 2 is 1.81 bits per heavy atom. The monoisotopic (exact) mass is 311 g/mol. The molecule has 0 bridgehead atoms. The van der Waals surface area contributed by atoms with Gasteiger partial charge in [0.05, 0.1) is 11.2 Å². The Hall–Kier alpha value is -2.10. The molecule has 0 aliphatic carbocycles. The van der Waals surface area contributed by atoms with Gasteiger partial charge >= 0.3 is 0 Å². The van der Waals surface area contributed by atoms with Crippen LogP contribution in [0.5, 0.6) is 0 Å². The molecule has 2 aromatic heterocycles. The first-order valence-electron chi connectivity index (χ1n) is 6.52. The van der Waals surface area contributed by atoms with Crippen LogP contribution in [0.15, 0.2) is 64.8 Å². The van der Waals surface area contributed by atoms with E-state index >= 15 is 0 Å². The average molecular weight is 312 g/mol. The van der Waals surface area contributed by atoms with Gasteiger partial charge in [-0.2, -0.15) is 0 Å². The highest BCUT2D eigenvalue weighted by Gasteiger charge is 2.11. The molecule has 0 aliphatic heterocycles. The fraction of sp³-hybridized carbons (Fsp3) is 0. The molecule has 0 atom stereocenters. The number of nitrogens with zero attached hydrogens (tertiary/aromatic N) is 1. The van der Waals surface area contributed by atoms with E-state index in [0.29, 0.717) is 10.4 Å². The van der Waals surface area contributed by atoms with Gasteiger partial charge in [-0.25, -0.2) is 0 Å². The normalized spacial score (nSPS) is 11.3. The van der Waals surface area contributed by atoms with Crippen LogP contribution in [-0.4, -0.2) is 4.40 Å². The van der Waals surface area contributed by atoms with E-state index in [1.165, 1.54) is 0 Å². The van der Waals surface area contributed by atoms with Gasteiger partial charge in [0.15, 0.2) is 5.43 Å². The van der Waals surface area contributed by atoms with Crippen LogP contribution < -0.4 is 5.43 Å². The van der Waals surface area contributed by atoms with Gasteiger partial charge < -0.3 is 0 Å². The lowest BCUT2D eigenvalue weighted by Gasteiger charge is -2.07. The number of hydrogen-bond donors (Lipinski definition) is 0. The van der Waals surface area contributed by atoms with Crippen LogP contribution in [0.1, 0.15) is 0 Å². The number of rotatable bonds is 1. The summed E-state index contributed by atoms with van der Waals surface area (Å²) in [5.41, 5.74) is 3.11. The fourth-order valence-corrected chi connectivity index (χ4v) is 3.71. The predicted octanol–water partition coefficient (Wildman–Crippen LogP) is 4.83. The van der Waals surface area contributed by atoms with Crippen molar-refractivity contribution in [2.45, 2.75) is 0 Å². The zero-order valence-corrected chi connectivity index (χ0v) is 12.5. The Balaban J connectivity index is 2.19. The van der Waals surface area contributed by atoms with Crippen molar-refractivity contribution < 1.29 is 0 Å². The van der Waals surface area contributed by atoms with Crippen molar-refractivity contribution in [3.05, 3.63) is 75.2 Å². The van der Waals surface area contributed by atoms with Crippen molar-refractivity contribution >= 4 is 38.7 Å². The highest BCUT2D eigenvalue weighted by atomic mass is 35.5. The smallest absolute Gasteiger partial charge is 0.190 e. The summed E-state index contributed by atoms with van der Waals surface area (Å²) >= 11 is 7.60. The Morgan fingerprint density at radius 1 is 1.00 bits per heavy atom. The minimum absolute atomic E-state index is 0.00830.